The van der Waals surface area contributed by atoms with E-state index in [1.165, 1.54) is 0 Å². The molecule has 0 aliphatic heterocycles. The molecule has 0 amide bonds. The summed E-state index contributed by atoms with van der Waals surface area (Å²) in [6.07, 6.45) is 3.90. The molecule has 0 bridgehead atoms. The highest BCUT2D eigenvalue weighted by molar-refractivity contribution is 5.95. The van der Waals surface area contributed by atoms with Crippen LogP contribution < -0.4 is 49.5 Å². The Hall–Kier alpha value is -2.49. The first-order chi connectivity index (χ1) is 11.6. The van der Waals surface area contributed by atoms with Gasteiger partial charge in [0.1, 0.15) is 7.05 Å². The Morgan fingerprint density at radius 3 is 2.68 bits per heavy atom. The number of halogens is 1. The van der Waals surface area contributed by atoms with Crippen LogP contribution in [-0.4, -0.2) is 18.0 Å². The van der Waals surface area contributed by atoms with Gasteiger partial charge in [0, 0.05) is 36.3 Å². The molecule has 0 aliphatic carbocycles. The molecule has 4 N–H and O–H groups in total. The maximum atomic E-state index is 6.03. The van der Waals surface area contributed by atoms with Crippen LogP contribution in [0.1, 0.15) is 0 Å². The Bertz CT molecular complexity index is 924. The molecule has 0 saturated carbocycles. The summed E-state index contributed by atoms with van der Waals surface area (Å²) in [5.41, 5.74) is 8.06. The zero-order chi connectivity index (χ0) is 17.1. The molecular weight excluding hydrogens is 429 g/mol. The van der Waals surface area contributed by atoms with Gasteiger partial charge in [-0.25, -0.2) is 9.13 Å². The van der Waals surface area contributed by atoms with Crippen molar-refractivity contribution in [3.05, 3.63) is 48.8 Å². The number of guanidine groups is 1. The van der Waals surface area contributed by atoms with E-state index in [-0.39, 0.29) is 29.9 Å². The van der Waals surface area contributed by atoms with Crippen molar-refractivity contribution in [3.63, 3.8) is 0 Å². The van der Waals surface area contributed by atoms with Gasteiger partial charge in [-0.3, -0.25) is 0 Å². The van der Waals surface area contributed by atoms with E-state index in [1.54, 1.807) is 4.57 Å². The summed E-state index contributed by atoms with van der Waals surface area (Å²) in [6, 6.07) is 12.0. The Kier molecular flexibility index (Phi) is 6.07. The highest BCUT2D eigenvalue weighted by Gasteiger charge is 2.12. The summed E-state index contributed by atoms with van der Waals surface area (Å²) >= 11 is 0. The molecule has 25 heavy (non-hydrogen) atoms. The Morgan fingerprint density at radius 1 is 1.12 bits per heavy atom. The number of aromatic nitrogens is 3. The SMILES string of the molecule is CNc1cc[n+](C)c(/N=C(\N)Nc2ccc3c(ccc[n+]3C)c2)n1.[I-]. The lowest BCUT2D eigenvalue weighted by Gasteiger charge is -2.04. The fourth-order valence-electron chi connectivity index (χ4n) is 2.44. The minimum absolute atomic E-state index is 0. The van der Waals surface area contributed by atoms with Crippen molar-refractivity contribution in [3.8, 4) is 0 Å². The molecule has 130 valence electrons. The van der Waals surface area contributed by atoms with Crippen molar-refractivity contribution in [1.29, 1.82) is 0 Å². The van der Waals surface area contributed by atoms with E-state index in [9.17, 15) is 0 Å². The number of nitrogens with two attached hydrogens (primary N) is 1. The number of rotatable bonds is 3. The average Bonchev–Trinajstić information content (AvgIpc) is 2.57. The summed E-state index contributed by atoms with van der Waals surface area (Å²) < 4.78 is 3.87. The van der Waals surface area contributed by atoms with Crippen LogP contribution in [0.15, 0.2) is 53.8 Å². The minimum atomic E-state index is 0. The van der Waals surface area contributed by atoms with Crippen molar-refractivity contribution in [1.82, 2.24) is 4.98 Å². The lowest BCUT2D eigenvalue weighted by Crippen LogP contribution is -3.00. The van der Waals surface area contributed by atoms with Crippen molar-refractivity contribution >= 4 is 34.3 Å². The van der Waals surface area contributed by atoms with Gasteiger partial charge in [0.2, 0.25) is 11.3 Å². The molecular formula is C17H21IN7+. The van der Waals surface area contributed by atoms with Gasteiger partial charge < -0.3 is 40.3 Å². The first-order valence-electron chi connectivity index (χ1n) is 7.61. The number of benzene rings is 1. The number of nitrogens with zero attached hydrogens (tertiary/aromatic N) is 4. The maximum absolute atomic E-state index is 6.03. The molecule has 0 radical (unpaired) electrons. The van der Waals surface area contributed by atoms with Gasteiger partial charge in [0.15, 0.2) is 6.20 Å². The van der Waals surface area contributed by atoms with Gasteiger partial charge in [-0.1, -0.05) is 4.98 Å². The van der Waals surface area contributed by atoms with Gasteiger partial charge in [0.05, 0.1) is 13.2 Å². The zero-order valence-corrected chi connectivity index (χ0v) is 16.5. The standard InChI is InChI=1S/C17H20N7.HI/c1-19-15-8-10-24(3)17(21-15)22-16(18)20-13-6-7-14-12(11-13)5-4-9-23(14)2;/h4-11H,1-3H3,(H3,18,19,20,21,22);1H/q+1;. The van der Waals surface area contributed by atoms with Gasteiger partial charge in [0.25, 0.3) is 5.96 Å². The van der Waals surface area contributed by atoms with Crippen molar-refractivity contribution in [2.75, 3.05) is 17.7 Å². The zero-order valence-electron chi connectivity index (χ0n) is 14.4. The molecule has 2 heterocycles. The number of nitrogens with one attached hydrogen (secondary N) is 2. The molecule has 0 unspecified atom stereocenters. The second-order valence-electron chi connectivity index (χ2n) is 5.49. The normalized spacial score (nSPS) is 11.1. The predicted molar refractivity (Wildman–Crippen MR) is 95.0 cm³/mol. The number of hydrogen-bond acceptors (Lipinski definition) is 3. The van der Waals surface area contributed by atoms with E-state index < -0.39 is 0 Å². The van der Waals surface area contributed by atoms with Gasteiger partial charge in [-0.2, -0.15) is 0 Å². The fraction of sp³-hybridized carbons (Fsp3) is 0.176. The Morgan fingerprint density at radius 2 is 1.92 bits per heavy atom. The number of hydrogen-bond donors (Lipinski definition) is 3. The summed E-state index contributed by atoms with van der Waals surface area (Å²) in [7, 11) is 5.70. The second kappa shape index (κ2) is 8.06. The monoisotopic (exact) mass is 450 g/mol. The molecule has 0 fully saturated rings. The highest BCUT2D eigenvalue weighted by Crippen LogP contribution is 2.16. The molecule has 0 atom stereocenters. The Labute approximate surface area is 163 Å². The molecule has 7 nitrogen and oxygen atoms in total. The molecule has 1 aromatic carbocycles. The van der Waals surface area contributed by atoms with Crippen LogP contribution in [0.4, 0.5) is 17.5 Å². The lowest BCUT2D eigenvalue weighted by atomic mass is 10.2. The van der Waals surface area contributed by atoms with E-state index in [2.05, 4.69) is 31.2 Å². The number of anilines is 2. The third-order valence-corrected chi connectivity index (χ3v) is 3.73. The predicted octanol–water partition coefficient (Wildman–Crippen LogP) is -2.01. The maximum Gasteiger partial charge on any atom is 0.438 e. The van der Waals surface area contributed by atoms with Gasteiger partial charge in [-0.05, 0) is 23.2 Å². The first-order valence-corrected chi connectivity index (χ1v) is 7.61. The number of aliphatic imine (C=N–C) groups is 1. The molecule has 3 aromatic rings. The van der Waals surface area contributed by atoms with E-state index >= 15 is 0 Å². The van der Waals surface area contributed by atoms with E-state index in [0.717, 1.165) is 22.4 Å². The van der Waals surface area contributed by atoms with Crippen LogP contribution in [0.3, 0.4) is 0 Å². The molecule has 0 aliphatic rings. The molecule has 3 rings (SSSR count). The molecule has 0 saturated heterocycles. The van der Waals surface area contributed by atoms with Crippen LogP contribution in [0.25, 0.3) is 10.9 Å². The van der Waals surface area contributed by atoms with Crippen LogP contribution in [-0.2, 0) is 14.1 Å². The number of fused-ring (bicyclic) bond motifs is 1. The van der Waals surface area contributed by atoms with E-state index in [0.29, 0.717) is 5.95 Å². The third-order valence-electron chi connectivity index (χ3n) is 3.73. The van der Waals surface area contributed by atoms with E-state index in [1.807, 2.05) is 63.9 Å². The molecule has 0 spiro atoms. The number of aryl methyl sites for hydroxylation is 2. The first kappa shape index (κ1) is 18.8. The minimum Gasteiger partial charge on any atom is -1.00 e. The highest BCUT2D eigenvalue weighted by atomic mass is 127. The van der Waals surface area contributed by atoms with Crippen LogP contribution in [0.5, 0.6) is 0 Å². The van der Waals surface area contributed by atoms with Crippen molar-refractivity contribution < 1.29 is 33.1 Å². The smallest absolute Gasteiger partial charge is 0.438 e. The van der Waals surface area contributed by atoms with E-state index in [4.69, 9.17) is 5.73 Å². The lowest BCUT2D eigenvalue weighted by molar-refractivity contribution is -0.660. The average molecular weight is 450 g/mol. The van der Waals surface area contributed by atoms with Crippen LogP contribution >= 0.6 is 0 Å². The molecule has 8 heteroatoms. The fourth-order valence-corrected chi connectivity index (χ4v) is 2.44. The summed E-state index contributed by atoms with van der Waals surface area (Å²) in [4.78, 5) is 8.72. The van der Waals surface area contributed by atoms with Crippen molar-refractivity contribution in [2.45, 2.75) is 0 Å². The van der Waals surface area contributed by atoms with Gasteiger partial charge in [-0.15, -0.1) is 0 Å². The largest absolute Gasteiger partial charge is 1.00 e. The van der Waals surface area contributed by atoms with Gasteiger partial charge >= 0.3 is 5.95 Å². The Balaban J connectivity index is 0.00000225. The quantitative estimate of drug-likeness (QED) is 0.187. The topological polar surface area (TPSA) is 83.1 Å². The summed E-state index contributed by atoms with van der Waals surface area (Å²) in [5.74, 6) is 1.53. The second-order valence-corrected chi connectivity index (χ2v) is 5.49. The summed E-state index contributed by atoms with van der Waals surface area (Å²) in [6.45, 7) is 0. The molecule has 2 aromatic heterocycles. The third kappa shape index (κ3) is 4.32. The summed E-state index contributed by atoms with van der Waals surface area (Å²) in [5, 5.41) is 7.22. The van der Waals surface area contributed by atoms with Crippen LogP contribution in [0, 0.1) is 0 Å². The number of pyridine rings is 1. The van der Waals surface area contributed by atoms with Crippen LogP contribution in [0.2, 0.25) is 0 Å². The van der Waals surface area contributed by atoms with Crippen molar-refractivity contribution in [2.24, 2.45) is 24.8 Å².